The molecule has 1 saturated heterocycles. The van der Waals surface area contributed by atoms with E-state index >= 15 is 0 Å². The predicted octanol–water partition coefficient (Wildman–Crippen LogP) is 1.25. The van der Waals surface area contributed by atoms with E-state index in [1.165, 1.54) is 11.8 Å². The van der Waals surface area contributed by atoms with Gasteiger partial charge in [-0.05, 0) is 19.1 Å². The van der Waals surface area contributed by atoms with Gasteiger partial charge < -0.3 is 14.9 Å². The molecule has 0 unspecified atom stereocenters. The minimum Gasteiger partial charge on any atom is -0.387 e. The van der Waals surface area contributed by atoms with Crippen LogP contribution in [0.1, 0.15) is 6.92 Å². The predicted molar refractivity (Wildman–Crippen MR) is 58.6 cm³/mol. The lowest BCUT2D eigenvalue weighted by atomic mass is 10.2. The number of aliphatic hydroxyl groups is 2. The van der Waals surface area contributed by atoms with Crippen molar-refractivity contribution in [2.45, 2.75) is 35.6 Å². The van der Waals surface area contributed by atoms with E-state index in [4.69, 9.17) is 4.74 Å². The molecule has 1 aliphatic rings. The first-order chi connectivity index (χ1) is 7.18. The molecule has 1 fully saturated rings. The molecule has 3 nitrogen and oxygen atoms in total. The molecular weight excluding hydrogens is 212 g/mol. The van der Waals surface area contributed by atoms with E-state index in [0.29, 0.717) is 0 Å². The van der Waals surface area contributed by atoms with Gasteiger partial charge >= 0.3 is 0 Å². The maximum atomic E-state index is 9.69. The Morgan fingerprint density at radius 1 is 1.20 bits per heavy atom. The standard InChI is InChI=1S/C11H14O3S/c1-7-10(9(12)11(13)14-7)15-8-5-3-2-4-6-8/h2-7,9-13H,1H3/t7-,9-,10+,11-/m1/s1. The van der Waals surface area contributed by atoms with Gasteiger partial charge in [-0.3, -0.25) is 0 Å². The number of benzene rings is 1. The van der Waals surface area contributed by atoms with Gasteiger partial charge in [-0.2, -0.15) is 0 Å². The van der Waals surface area contributed by atoms with Gasteiger partial charge in [0.05, 0.1) is 11.4 Å². The van der Waals surface area contributed by atoms with E-state index in [1.807, 2.05) is 37.3 Å². The molecule has 0 bridgehead atoms. The maximum absolute atomic E-state index is 9.69. The van der Waals surface area contributed by atoms with Crippen molar-refractivity contribution < 1.29 is 14.9 Å². The van der Waals surface area contributed by atoms with Crippen LogP contribution in [0.2, 0.25) is 0 Å². The van der Waals surface area contributed by atoms with Crippen LogP contribution in [0.15, 0.2) is 35.2 Å². The van der Waals surface area contributed by atoms with Crippen molar-refractivity contribution in [3.8, 4) is 0 Å². The first-order valence-corrected chi connectivity index (χ1v) is 5.80. The van der Waals surface area contributed by atoms with Crippen LogP contribution in [0.3, 0.4) is 0 Å². The molecule has 15 heavy (non-hydrogen) atoms. The van der Waals surface area contributed by atoms with Gasteiger partial charge in [0.25, 0.3) is 0 Å². The lowest BCUT2D eigenvalue weighted by Gasteiger charge is -2.16. The molecule has 4 heteroatoms. The lowest BCUT2D eigenvalue weighted by Crippen LogP contribution is -2.29. The molecule has 0 spiro atoms. The largest absolute Gasteiger partial charge is 0.387 e. The molecule has 0 amide bonds. The summed E-state index contributed by atoms with van der Waals surface area (Å²) in [5.41, 5.74) is 0. The summed E-state index contributed by atoms with van der Waals surface area (Å²) < 4.78 is 5.14. The summed E-state index contributed by atoms with van der Waals surface area (Å²) >= 11 is 1.54. The number of ether oxygens (including phenoxy) is 1. The summed E-state index contributed by atoms with van der Waals surface area (Å²) in [6.07, 6.45) is -2.01. The Kier molecular flexibility index (Phi) is 3.31. The quantitative estimate of drug-likeness (QED) is 0.796. The fourth-order valence-electron chi connectivity index (χ4n) is 1.64. The van der Waals surface area contributed by atoms with Gasteiger partial charge in [-0.15, -0.1) is 11.8 Å². The first kappa shape index (κ1) is 11.0. The van der Waals surface area contributed by atoms with Gasteiger partial charge in [0.2, 0.25) is 0 Å². The summed E-state index contributed by atoms with van der Waals surface area (Å²) in [4.78, 5) is 1.08. The number of hydrogen-bond acceptors (Lipinski definition) is 4. The second-order valence-corrected chi connectivity index (χ2v) is 4.87. The molecule has 0 radical (unpaired) electrons. The molecule has 1 aliphatic heterocycles. The van der Waals surface area contributed by atoms with E-state index in [2.05, 4.69) is 0 Å². The highest BCUT2D eigenvalue weighted by Gasteiger charge is 2.40. The summed E-state index contributed by atoms with van der Waals surface area (Å²) in [6.45, 7) is 1.86. The van der Waals surface area contributed by atoms with Gasteiger partial charge in [-0.25, -0.2) is 0 Å². The molecule has 1 aromatic carbocycles. The molecule has 0 aliphatic carbocycles. The molecule has 4 atom stereocenters. The summed E-state index contributed by atoms with van der Waals surface area (Å²) in [7, 11) is 0. The van der Waals surface area contributed by atoms with E-state index in [1.54, 1.807) is 0 Å². The molecule has 2 N–H and O–H groups in total. The molecule has 0 saturated carbocycles. The van der Waals surface area contributed by atoms with Crippen molar-refractivity contribution in [2.24, 2.45) is 0 Å². The highest BCUT2D eigenvalue weighted by atomic mass is 32.2. The minimum atomic E-state index is -1.05. The highest BCUT2D eigenvalue weighted by Crippen LogP contribution is 2.34. The number of thioether (sulfide) groups is 1. The van der Waals surface area contributed by atoms with Crippen LogP contribution < -0.4 is 0 Å². The molecule has 1 heterocycles. The Morgan fingerprint density at radius 3 is 2.40 bits per heavy atom. The Bertz CT molecular complexity index is 317. The van der Waals surface area contributed by atoms with Crippen LogP contribution in [-0.2, 0) is 4.74 Å². The van der Waals surface area contributed by atoms with Gasteiger partial charge in [0.15, 0.2) is 6.29 Å². The fourth-order valence-corrected chi connectivity index (χ4v) is 2.80. The van der Waals surface area contributed by atoms with Crippen molar-refractivity contribution in [1.29, 1.82) is 0 Å². The van der Waals surface area contributed by atoms with Crippen LogP contribution in [0.5, 0.6) is 0 Å². The molecular formula is C11H14O3S. The third-order valence-corrected chi connectivity index (χ3v) is 3.94. The minimum absolute atomic E-state index is 0.109. The number of hydrogen-bond donors (Lipinski definition) is 2. The second-order valence-electron chi connectivity index (χ2n) is 3.62. The Morgan fingerprint density at radius 2 is 1.87 bits per heavy atom. The Hall–Kier alpha value is -0.550. The van der Waals surface area contributed by atoms with Crippen molar-refractivity contribution in [2.75, 3.05) is 0 Å². The zero-order valence-electron chi connectivity index (χ0n) is 8.41. The van der Waals surface area contributed by atoms with Crippen molar-refractivity contribution >= 4 is 11.8 Å². The van der Waals surface area contributed by atoms with Crippen molar-refractivity contribution in [3.05, 3.63) is 30.3 Å². The van der Waals surface area contributed by atoms with E-state index in [9.17, 15) is 10.2 Å². The maximum Gasteiger partial charge on any atom is 0.182 e. The second kappa shape index (κ2) is 4.53. The molecule has 2 rings (SSSR count). The SMILES string of the molecule is C[C@H]1O[C@@H](O)[C@H](O)[C@H]1Sc1ccccc1. The van der Waals surface area contributed by atoms with Crippen LogP contribution in [0.25, 0.3) is 0 Å². The summed E-state index contributed by atoms with van der Waals surface area (Å²) in [5, 5.41) is 18.9. The van der Waals surface area contributed by atoms with Crippen LogP contribution in [-0.4, -0.2) is 34.0 Å². The lowest BCUT2D eigenvalue weighted by molar-refractivity contribution is -0.123. The van der Waals surface area contributed by atoms with E-state index in [-0.39, 0.29) is 11.4 Å². The molecule has 1 aromatic rings. The van der Waals surface area contributed by atoms with Gasteiger partial charge in [0.1, 0.15) is 6.10 Å². The number of rotatable bonds is 2. The molecule has 82 valence electrons. The normalized spacial score (nSPS) is 35.7. The van der Waals surface area contributed by atoms with Gasteiger partial charge in [-0.1, -0.05) is 18.2 Å². The van der Waals surface area contributed by atoms with Crippen molar-refractivity contribution in [1.82, 2.24) is 0 Å². The van der Waals surface area contributed by atoms with Crippen LogP contribution in [0.4, 0.5) is 0 Å². The Labute approximate surface area is 93.1 Å². The zero-order chi connectivity index (χ0) is 10.8. The average molecular weight is 226 g/mol. The number of aliphatic hydroxyl groups excluding tert-OH is 2. The third-order valence-electron chi connectivity index (χ3n) is 2.46. The first-order valence-electron chi connectivity index (χ1n) is 4.92. The van der Waals surface area contributed by atoms with Crippen molar-refractivity contribution in [3.63, 3.8) is 0 Å². The van der Waals surface area contributed by atoms with E-state index < -0.39 is 12.4 Å². The van der Waals surface area contributed by atoms with E-state index in [0.717, 1.165) is 4.90 Å². The summed E-state index contributed by atoms with van der Waals surface area (Å²) in [6, 6.07) is 9.81. The van der Waals surface area contributed by atoms with Gasteiger partial charge in [0, 0.05) is 4.90 Å². The smallest absolute Gasteiger partial charge is 0.182 e. The monoisotopic (exact) mass is 226 g/mol. The third kappa shape index (κ3) is 2.34. The van der Waals surface area contributed by atoms with Crippen LogP contribution >= 0.6 is 11.8 Å². The fraction of sp³-hybridized carbons (Fsp3) is 0.455. The Balaban J connectivity index is 2.06. The average Bonchev–Trinajstić information content (AvgIpc) is 2.47. The zero-order valence-corrected chi connectivity index (χ0v) is 9.22. The summed E-state index contributed by atoms with van der Waals surface area (Å²) in [5.74, 6) is 0. The molecule has 0 aromatic heterocycles. The highest BCUT2D eigenvalue weighted by molar-refractivity contribution is 8.00. The topological polar surface area (TPSA) is 49.7 Å². The van der Waals surface area contributed by atoms with Crippen LogP contribution in [0, 0.1) is 0 Å².